The molecule has 27 heavy (non-hydrogen) atoms. The fourth-order valence-corrected chi connectivity index (χ4v) is 3.79. The zero-order valence-corrected chi connectivity index (χ0v) is 15.3. The van der Waals surface area contributed by atoms with Gasteiger partial charge in [-0.3, -0.25) is 4.79 Å². The first-order valence-electron chi connectivity index (χ1n) is 8.79. The molecule has 2 aromatic carbocycles. The number of hydrogen-bond acceptors (Lipinski definition) is 4. The van der Waals surface area contributed by atoms with Crippen LogP contribution in [0.15, 0.2) is 48.5 Å². The Morgan fingerprint density at radius 2 is 1.81 bits per heavy atom. The molecular weight excluding hydrogens is 345 g/mol. The molecule has 0 spiro atoms. The van der Waals surface area contributed by atoms with Crippen LogP contribution in [0.25, 0.3) is 11.1 Å². The van der Waals surface area contributed by atoms with Crippen LogP contribution >= 0.6 is 0 Å². The summed E-state index contributed by atoms with van der Waals surface area (Å²) in [7, 11) is 3.55. The maximum Gasteiger partial charge on any atom is 0.238 e. The molecule has 0 aromatic heterocycles. The third kappa shape index (κ3) is 3.44. The van der Waals surface area contributed by atoms with Gasteiger partial charge in [-0.25, -0.2) is 4.39 Å². The summed E-state index contributed by atoms with van der Waals surface area (Å²) in [6, 6.07) is 14.8. The highest BCUT2D eigenvalue weighted by atomic mass is 19.1. The van der Waals surface area contributed by atoms with Crippen LogP contribution in [-0.4, -0.2) is 60.1 Å². The van der Waals surface area contributed by atoms with Crippen molar-refractivity contribution in [3.05, 3.63) is 59.9 Å². The van der Waals surface area contributed by atoms with Gasteiger partial charge in [0, 0.05) is 11.5 Å². The van der Waals surface area contributed by atoms with Gasteiger partial charge in [0.2, 0.25) is 5.91 Å². The molecule has 6 heteroatoms. The number of hydrogen-bond donors (Lipinski definition) is 1. The minimum Gasteiger partial charge on any atom is -0.394 e. The van der Waals surface area contributed by atoms with Gasteiger partial charge in [-0.15, -0.1) is 0 Å². The van der Waals surface area contributed by atoms with Crippen molar-refractivity contribution in [3.8, 4) is 17.2 Å². The van der Waals surface area contributed by atoms with Gasteiger partial charge in [0.05, 0.1) is 25.3 Å². The van der Waals surface area contributed by atoms with E-state index < -0.39 is 12.1 Å². The van der Waals surface area contributed by atoms with Gasteiger partial charge in [0.25, 0.3) is 0 Å². The summed E-state index contributed by atoms with van der Waals surface area (Å²) in [6.07, 6.45) is 0. The van der Waals surface area contributed by atoms with E-state index in [4.69, 9.17) is 0 Å². The van der Waals surface area contributed by atoms with Crippen molar-refractivity contribution in [1.82, 2.24) is 9.80 Å². The molecule has 0 aliphatic carbocycles. The molecule has 0 radical (unpaired) electrons. The number of carbonyl (C=O) groups excluding carboxylic acids is 1. The number of likely N-dealkylation sites (tertiary alicyclic amines) is 1. The lowest BCUT2D eigenvalue weighted by Crippen LogP contribution is -2.66. The van der Waals surface area contributed by atoms with Gasteiger partial charge in [-0.2, -0.15) is 5.26 Å². The molecule has 1 saturated heterocycles. The first-order valence-corrected chi connectivity index (χ1v) is 8.79. The monoisotopic (exact) mass is 367 g/mol. The van der Waals surface area contributed by atoms with Crippen LogP contribution in [0.1, 0.15) is 11.5 Å². The Kier molecular flexibility index (Phi) is 5.54. The summed E-state index contributed by atoms with van der Waals surface area (Å²) in [6.45, 7) is -0.0933. The maximum absolute atomic E-state index is 14.4. The summed E-state index contributed by atoms with van der Waals surface area (Å²) >= 11 is 0. The van der Waals surface area contributed by atoms with Crippen LogP contribution in [0.5, 0.6) is 0 Å². The zero-order valence-electron chi connectivity index (χ0n) is 15.3. The summed E-state index contributed by atoms with van der Waals surface area (Å²) < 4.78 is 14.4. The van der Waals surface area contributed by atoms with Crippen molar-refractivity contribution in [3.63, 3.8) is 0 Å². The fourth-order valence-electron chi connectivity index (χ4n) is 3.79. The molecule has 3 atom stereocenters. The van der Waals surface area contributed by atoms with E-state index >= 15 is 0 Å². The minimum absolute atomic E-state index is 0.163. The molecule has 1 aliphatic rings. The molecule has 1 aliphatic heterocycles. The Morgan fingerprint density at radius 3 is 2.41 bits per heavy atom. The second-order valence-electron chi connectivity index (χ2n) is 6.96. The third-order valence-corrected chi connectivity index (χ3v) is 4.95. The highest BCUT2D eigenvalue weighted by molar-refractivity contribution is 5.81. The van der Waals surface area contributed by atoms with E-state index in [1.54, 1.807) is 43.3 Å². The van der Waals surface area contributed by atoms with Gasteiger partial charge in [0.1, 0.15) is 11.9 Å². The van der Waals surface area contributed by atoms with Crippen LogP contribution in [0.3, 0.4) is 0 Å². The summed E-state index contributed by atoms with van der Waals surface area (Å²) in [5.41, 5.74) is 1.89. The topological polar surface area (TPSA) is 67.6 Å². The Balaban J connectivity index is 2.01. The van der Waals surface area contributed by atoms with Crippen LogP contribution in [-0.2, 0) is 4.79 Å². The average molecular weight is 367 g/mol. The van der Waals surface area contributed by atoms with Crippen LogP contribution in [0.2, 0.25) is 0 Å². The second kappa shape index (κ2) is 7.87. The van der Waals surface area contributed by atoms with Crippen molar-refractivity contribution in [1.29, 1.82) is 5.26 Å². The van der Waals surface area contributed by atoms with Crippen LogP contribution < -0.4 is 0 Å². The number of nitrogens with zero attached hydrogens (tertiary/aromatic N) is 3. The number of nitriles is 1. The molecule has 1 amide bonds. The number of halogens is 1. The van der Waals surface area contributed by atoms with E-state index in [-0.39, 0.29) is 30.8 Å². The van der Waals surface area contributed by atoms with Crippen molar-refractivity contribution in [2.75, 3.05) is 27.2 Å². The first kappa shape index (κ1) is 19.0. The lowest BCUT2D eigenvalue weighted by atomic mass is 9.73. The Bertz CT molecular complexity index is 878. The Labute approximate surface area is 158 Å². The fraction of sp³-hybridized carbons (Fsp3) is 0.333. The SMILES string of the molecule is CN(C)CC(=O)N1[C@H](C#N)[C@H](c2ccccc2-c2ccccc2F)[C@H]1CO. The molecule has 1 N–H and O–H groups in total. The smallest absolute Gasteiger partial charge is 0.238 e. The third-order valence-electron chi connectivity index (χ3n) is 4.95. The van der Waals surface area contributed by atoms with Gasteiger partial charge < -0.3 is 14.9 Å². The number of rotatable bonds is 5. The van der Waals surface area contributed by atoms with E-state index in [0.29, 0.717) is 11.1 Å². The Hall–Kier alpha value is -2.75. The first-order chi connectivity index (χ1) is 13.0. The molecule has 2 aromatic rings. The van der Waals surface area contributed by atoms with Gasteiger partial charge >= 0.3 is 0 Å². The van der Waals surface area contributed by atoms with Crippen LogP contribution in [0, 0.1) is 17.1 Å². The van der Waals surface area contributed by atoms with E-state index in [2.05, 4.69) is 6.07 Å². The van der Waals surface area contributed by atoms with Gasteiger partial charge in [-0.05, 0) is 31.3 Å². The molecule has 0 saturated carbocycles. The summed E-state index contributed by atoms with van der Waals surface area (Å²) in [5.74, 6) is -0.925. The maximum atomic E-state index is 14.4. The highest BCUT2D eigenvalue weighted by Crippen LogP contribution is 2.44. The van der Waals surface area contributed by atoms with E-state index in [9.17, 15) is 19.6 Å². The number of aliphatic hydroxyl groups excluding tert-OH is 1. The van der Waals surface area contributed by atoms with Crippen LogP contribution in [0.4, 0.5) is 4.39 Å². The Morgan fingerprint density at radius 1 is 1.19 bits per heavy atom. The quantitative estimate of drug-likeness (QED) is 0.880. The standard InChI is InChI=1S/C21H22FN3O2/c1-24(2)12-20(27)25-18(11-23)21(19(25)13-26)16-9-4-3-7-14(16)15-8-5-6-10-17(15)22/h3-10,18-19,21,26H,12-13H2,1-2H3/t18-,19-,21+/m1/s1. The number of aliphatic hydroxyl groups is 1. The molecular formula is C21H22FN3O2. The average Bonchev–Trinajstić information content (AvgIpc) is 2.62. The molecule has 140 valence electrons. The molecule has 1 heterocycles. The number of likely N-dealkylation sites (N-methyl/N-ethyl adjacent to an activating group) is 1. The number of benzene rings is 2. The van der Waals surface area contributed by atoms with Gasteiger partial charge in [-0.1, -0.05) is 42.5 Å². The van der Waals surface area contributed by atoms with Gasteiger partial charge in [0.15, 0.2) is 0 Å². The van der Waals surface area contributed by atoms with E-state index in [0.717, 1.165) is 5.56 Å². The lowest BCUT2D eigenvalue weighted by molar-refractivity contribution is -0.147. The molecule has 0 unspecified atom stereocenters. The van der Waals surface area contributed by atoms with Crippen molar-refractivity contribution in [2.45, 2.75) is 18.0 Å². The molecule has 5 nitrogen and oxygen atoms in total. The predicted molar refractivity (Wildman–Crippen MR) is 100 cm³/mol. The lowest BCUT2D eigenvalue weighted by Gasteiger charge is -2.52. The summed E-state index contributed by atoms with van der Waals surface area (Å²) in [5, 5.41) is 19.6. The highest BCUT2D eigenvalue weighted by Gasteiger charge is 2.52. The normalized spacial score (nSPS) is 21.6. The van der Waals surface area contributed by atoms with Crippen molar-refractivity contribution >= 4 is 5.91 Å². The largest absolute Gasteiger partial charge is 0.394 e. The molecule has 0 bridgehead atoms. The molecule has 3 rings (SSSR count). The van der Waals surface area contributed by atoms with Crippen molar-refractivity contribution in [2.24, 2.45) is 0 Å². The molecule has 1 fully saturated rings. The second-order valence-corrected chi connectivity index (χ2v) is 6.96. The number of amides is 1. The van der Waals surface area contributed by atoms with Crippen molar-refractivity contribution < 1.29 is 14.3 Å². The number of carbonyl (C=O) groups is 1. The summed E-state index contributed by atoms with van der Waals surface area (Å²) in [4.78, 5) is 15.7. The minimum atomic E-state index is -0.692. The predicted octanol–water partition coefficient (Wildman–Crippen LogP) is 2.23. The van der Waals surface area contributed by atoms with E-state index in [1.165, 1.54) is 11.0 Å². The van der Waals surface area contributed by atoms with E-state index in [1.807, 2.05) is 18.2 Å². The zero-order chi connectivity index (χ0) is 19.6.